The van der Waals surface area contributed by atoms with E-state index in [1.165, 1.54) is 4.31 Å². The first-order chi connectivity index (χ1) is 8.98. The Morgan fingerprint density at radius 1 is 1.37 bits per heavy atom. The average Bonchev–Trinajstić information content (AvgIpc) is 3.10. The van der Waals surface area contributed by atoms with Gasteiger partial charge in [0.2, 0.25) is 10.0 Å². The molecule has 6 nitrogen and oxygen atoms in total. The van der Waals surface area contributed by atoms with E-state index in [-0.39, 0.29) is 17.5 Å². The van der Waals surface area contributed by atoms with Gasteiger partial charge in [0.1, 0.15) is 10.6 Å². The van der Waals surface area contributed by atoms with Crippen LogP contribution in [0.1, 0.15) is 37.1 Å². The van der Waals surface area contributed by atoms with Crippen LogP contribution in [0.3, 0.4) is 0 Å². The van der Waals surface area contributed by atoms with Crippen LogP contribution in [0.2, 0.25) is 0 Å². The molecular weight excluding hydrogens is 268 g/mol. The lowest BCUT2D eigenvalue weighted by Gasteiger charge is -2.21. The van der Waals surface area contributed by atoms with Gasteiger partial charge in [0, 0.05) is 19.2 Å². The summed E-state index contributed by atoms with van der Waals surface area (Å²) in [4.78, 5) is 0.198. The highest BCUT2D eigenvalue weighted by molar-refractivity contribution is 7.89. The molecule has 1 aliphatic carbocycles. The van der Waals surface area contributed by atoms with Gasteiger partial charge in [0.25, 0.3) is 0 Å². The van der Waals surface area contributed by atoms with Crippen LogP contribution >= 0.6 is 0 Å². The fourth-order valence-corrected chi connectivity index (χ4v) is 4.22. The van der Waals surface area contributed by atoms with E-state index in [9.17, 15) is 8.42 Å². The highest BCUT2D eigenvalue weighted by Gasteiger charge is 2.40. The Kier molecular flexibility index (Phi) is 4.27. The highest BCUT2D eigenvalue weighted by Crippen LogP contribution is 2.34. The van der Waals surface area contributed by atoms with Crippen molar-refractivity contribution in [1.29, 1.82) is 0 Å². The number of unbranched alkanes of at least 4 members (excludes halogenated alkanes) is 1. The van der Waals surface area contributed by atoms with Crippen LogP contribution in [-0.2, 0) is 10.0 Å². The average molecular weight is 288 g/mol. The molecule has 1 saturated carbocycles. The number of aliphatic hydroxyl groups is 1. The monoisotopic (exact) mass is 288 g/mol. The molecule has 0 unspecified atom stereocenters. The second kappa shape index (κ2) is 5.60. The largest absolute Gasteiger partial charge is 0.396 e. The molecule has 0 radical (unpaired) electrons. The maximum atomic E-state index is 12.7. The first-order valence-corrected chi connectivity index (χ1v) is 7.98. The molecule has 0 atom stereocenters. The van der Waals surface area contributed by atoms with Crippen LogP contribution in [0.25, 0.3) is 0 Å². The second-order valence-electron chi connectivity index (χ2n) is 4.93. The van der Waals surface area contributed by atoms with Gasteiger partial charge in [0.15, 0.2) is 5.76 Å². The van der Waals surface area contributed by atoms with E-state index >= 15 is 0 Å². The van der Waals surface area contributed by atoms with Crippen LogP contribution in [0.15, 0.2) is 9.42 Å². The van der Waals surface area contributed by atoms with E-state index < -0.39 is 10.0 Å². The minimum atomic E-state index is -3.54. The van der Waals surface area contributed by atoms with Gasteiger partial charge in [-0.3, -0.25) is 0 Å². The minimum absolute atomic E-state index is 0.0872. The maximum Gasteiger partial charge on any atom is 0.248 e. The number of hydrogen-bond acceptors (Lipinski definition) is 5. The molecule has 19 heavy (non-hydrogen) atoms. The summed E-state index contributed by atoms with van der Waals surface area (Å²) in [7, 11) is -3.54. The van der Waals surface area contributed by atoms with Crippen molar-refractivity contribution in [1.82, 2.24) is 9.46 Å². The van der Waals surface area contributed by atoms with Gasteiger partial charge >= 0.3 is 0 Å². The summed E-state index contributed by atoms with van der Waals surface area (Å²) in [6.45, 7) is 3.79. The van der Waals surface area contributed by atoms with Crippen molar-refractivity contribution in [3.8, 4) is 0 Å². The van der Waals surface area contributed by atoms with Crippen LogP contribution in [0.4, 0.5) is 0 Å². The first kappa shape index (κ1) is 14.5. The summed E-state index contributed by atoms with van der Waals surface area (Å²) in [6.07, 6.45) is 3.08. The van der Waals surface area contributed by atoms with E-state index in [2.05, 4.69) is 5.16 Å². The molecule has 1 fully saturated rings. The van der Waals surface area contributed by atoms with Gasteiger partial charge in [0.05, 0.1) is 0 Å². The predicted molar refractivity (Wildman–Crippen MR) is 69.2 cm³/mol. The number of nitrogens with zero attached hydrogens (tertiary/aromatic N) is 2. The molecule has 0 aliphatic heterocycles. The molecule has 0 aromatic carbocycles. The van der Waals surface area contributed by atoms with Crippen molar-refractivity contribution in [3.05, 3.63) is 11.5 Å². The highest BCUT2D eigenvalue weighted by atomic mass is 32.2. The Bertz CT molecular complexity index is 514. The standard InChI is InChI=1S/C12H20N2O4S/c1-9-12(10(2)18-13-9)19(16,17)14(11-5-6-11)7-3-4-8-15/h11,15H,3-8H2,1-2H3. The first-order valence-electron chi connectivity index (χ1n) is 6.54. The maximum absolute atomic E-state index is 12.7. The van der Waals surface area contributed by atoms with Crippen LogP contribution in [0.5, 0.6) is 0 Å². The lowest BCUT2D eigenvalue weighted by atomic mass is 10.3. The number of aryl methyl sites for hydroxylation is 2. The summed E-state index contributed by atoms with van der Waals surface area (Å²) in [6, 6.07) is 0.0948. The van der Waals surface area contributed by atoms with E-state index in [0.717, 1.165) is 12.8 Å². The van der Waals surface area contributed by atoms with Gasteiger partial charge in [-0.05, 0) is 39.5 Å². The quantitative estimate of drug-likeness (QED) is 0.763. The number of rotatable bonds is 7. The van der Waals surface area contributed by atoms with E-state index in [4.69, 9.17) is 9.63 Å². The molecular formula is C12H20N2O4S. The normalized spacial score (nSPS) is 16.2. The number of hydrogen-bond donors (Lipinski definition) is 1. The predicted octanol–water partition coefficient (Wildman–Crippen LogP) is 1.22. The van der Waals surface area contributed by atoms with Crippen molar-refractivity contribution in [2.45, 2.75) is 50.5 Å². The molecule has 0 spiro atoms. The van der Waals surface area contributed by atoms with Crippen LogP contribution in [-0.4, -0.2) is 42.2 Å². The Hall–Kier alpha value is -0.920. The van der Waals surface area contributed by atoms with Gasteiger partial charge < -0.3 is 9.63 Å². The smallest absolute Gasteiger partial charge is 0.248 e. The third-order valence-electron chi connectivity index (χ3n) is 3.28. The van der Waals surface area contributed by atoms with Gasteiger partial charge in [-0.15, -0.1) is 0 Å². The molecule has 1 aromatic rings. The zero-order valence-electron chi connectivity index (χ0n) is 11.3. The molecule has 1 aromatic heterocycles. The molecule has 0 saturated heterocycles. The molecule has 0 bridgehead atoms. The van der Waals surface area contributed by atoms with Crippen molar-refractivity contribution >= 4 is 10.0 Å². The Labute approximate surface area is 113 Å². The molecule has 108 valence electrons. The molecule has 2 rings (SSSR count). The van der Waals surface area contributed by atoms with Crippen LogP contribution in [0, 0.1) is 13.8 Å². The fourth-order valence-electron chi connectivity index (χ4n) is 2.20. The van der Waals surface area contributed by atoms with Crippen molar-refractivity contribution in [3.63, 3.8) is 0 Å². The lowest BCUT2D eigenvalue weighted by molar-refractivity contribution is 0.275. The third kappa shape index (κ3) is 2.98. The van der Waals surface area contributed by atoms with Crippen molar-refractivity contribution < 1.29 is 18.0 Å². The fraction of sp³-hybridized carbons (Fsp3) is 0.750. The van der Waals surface area contributed by atoms with E-state index in [0.29, 0.717) is 30.8 Å². The number of aromatic nitrogens is 1. The summed E-state index contributed by atoms with van der Waals surface area (Å²) in [5, 5.41) is 12.5. The summed E-state index contributed by atoms with van der Waals surface area (Å²) < 4.78 is 31.8. The molecule has 7 heteroatoms. The second-order valence-corrected chi connectivity index (χ2v) is 6.76. The summed E-state index contributed by atoms with van der Waals surface area (Å²) >= 11 is 0. The molecule has 1 aliphatic rings. The van der Waals surface area contributed by atoms with E-state index in [1.54, 1.807) is 13.8 Å². The van der Waals surface area contributed by atoms with Crippen LogP contribution < -0.4 is 0 Å². The minimum Gasteiger partial charge on any atom is -0.396 e. The van der Waals surface area contributed by atoms with Gasteiger partial charge in [-0.2, -0.15) is 4.31 Å². The Morgan fingerprint density at radius 3 is 2.53 bits per heavy atom. The van der Waals surface area contributed by atoms with Crippen molar-refractivity contribution in [2.75, 3.05) is 13.2 Å². The molecule has 1 heterocycles. The number of aliphatic hydroxyl groups excluding tert-OH is 1. The molecule has 0 amide bonds. The summed E-state index contributed by atoms with van der Waals surface area (Å²) in [5.41, 5.74) is 0.408. The Balaban J connectivity index is 2.24. The molecule has 1 N–H and O–H groups in total. The van der Waals surface area contributed by atoms with Gasteiger partial charge in [-0.1, -0.05) is 5.16 Å². The summed E-state index contributed by atoms with van der Waals surface area (Å²) in [5.74, 6) is 0.338. The zero-order chi connectivity index (χ0) is 14.0. The van der Waals surface area contributed by atoms with Crippen molar-refractivity contribution in [2.24, 2.45) is 0 Å². The lowest BCUT2D eigenvalue weighted by Crippen LogP contribution is -2.34. The van der Waals surface area contributed by atoms with E-state index in [1.807, 2.05) is 0 Å². The zero-order valence-corrected chi connectivity index (χ0v) is 12.1. The number of sulfonamides is 1. The van der Waals surface area contributed by atoms with Gasteiger partial charge in [-0.25, -0.2) is 8.42 Å². The third-order valence-corrected chi connectivity index (χ3v) is 5.47. The SMILES string of the molecule is Cc1noc(C)c1S(=O)(=O)N(CCCCO)C1CC1. The topological polar surface area (TPSA) is 83.6 Å². The Morgan fingerprint density at radius 2 is 2.05 bits per heavy atom.